The van der Waals surface area contributed by atoms with Gasteiger partial charge in [0, 0.05) is 6.42 Å². The van der Waals surface area contributed by atoms with E-state index in [2.05, 4.69) is 16.0 Å². The molecule has 0 radical (unpaired) electrons. The molecule has 0 spiro atoms. The van der Waals surface area contributed by atoms with Gasteiger partial charge in [0.25, 0.3) is 0 Å². The second-order valence-electron chi connectivity index (χ2n) is 6.74. The van der Waals surface area contributed by atoms with E-state index in [-0.39, 0.29) is 6.42 Å². The number of amides is 3. The van der Waals surface area contributed by atoms with E-state index in [4.69, 9.17) is 15.9 Å². The van der Waals surface area contributed by atoms with Gasteiger partial charge >= 0.3 is 11.9 Å². The number of aliphatic hydroxyl groups excluding tert-OH is 2. The molecule has 9 N–H and O–H groups in total. The van der Waals surface area contributed by atoms with Crippen molar-refractivity contribution in [2.45, 2.75) is 57.3 Å². The zero-order valence-electron chi connectivity index (χ0n) is 16.8. The third-order valence-electron chi connectivity index (χ3n) is 4.41. The summed E-state index contributed by atoms with van der Waals surface area (Å²) in [5.41, 5.74) is 5.31. The molecule has 13 heteroatoms. The molecule has 30 heavy (non-hydrogen) atoms. The minimum atomic E-state index is -1.53. The van der Waals surface area contributed by atoms with Gasteiger partial charge < -0.3 is 42.1 Å². The number of hydrogen-bond acceptors (Lipinski definition) is 8. The number of nitrogens with two attached hydrogens (primary N) is 1. The number of carboxylic acid groups (broad SMARTS) is 2. The van der Waals surface area contributed by atoms with Crippen molar-refractivity contribution in [3.8, 4) is 0 Å². The fraction of sp³-hybridized carbons (Fsp3) is 0.706. The molecule has 0 heterocycles. The zero-order chi connectivity index (χ0) is 23.4. The van der Waals surface area contributed by atoms with Gasteiger partial charge in [-0.15, -0.1) is 0 Å². The van der Waals surface area contributed by atoms with E-state index in [0.717, 1.165) is 0 Å². The fourth-order valence-electron chi connectivity index (χ4n) is 2.30. The first-order chi connectivity index (χ1) is 14.0. The topological polar surface area (TPSA) is 228 Å². The van der Waals surface area contributed by atoms with Crippen LogP contribution in [0.25, 0.3) is 0 Å². The van der Waals surface area contributed by atoms with Crippen LogP contribution < -0.4 is 21.7 Å². The Bertz CT molecular complexity index is 628. The Labute approximate surface area is 173 Å². The highest BCUT2D eigenvalue weighted by Crippen LogP contribution is 2.09. The van der Waals surface area contributed by atoms with E-state index < -0.39 is 79.4 Å². The minimum absolute atomic E-state index is 0.359. The maximum absolute atomic E-state index is 12.5. The number of aliphatic carboxylic acids is 2. The van der Waals surface area contributed by atoms with Gasteiger partial charge in [0.1, 0.15) is 24.2 Å². The molecular weight excluding hydrogens is 404 g/mol. The quantitative estimate of drug-likeness (QED) is 0.136. The second-order valence-corrected chi connectivity index (χ2v) is 6.74. The van der Waals surface area contributed by atoms with Crippen LogP contribution in [0.1, 0.15) is 33.1 Å². The Hall–Kier alpha value is -2.77. The van der Waals surface area contributed by atoms with Crippen LogP contribution in [0.15, 0.2) is 0 Å². The summed E-state index contributed by atoms with van der Waals surface area (Å²) in [4.78, 5) is 58.9. The van der Waals surface area contributed by atoms with Crippen molar-refractivity contribution in [3.05, 3.63) is 0 Å². The standard InChI is InChI=1S/C17H30N4O9/c1-3-8(2)13(17(29)30)21-15(27)10(4-5-12(24)25)19-16(28)11(7-23)20-14(26)9(18)6-22/h8-11,13,22-23H,3-7,18H2,1-2H3,(H,19,28)(H,20,26)(H,21,27)(H,24,25)(H,29,30). The van der Waals surface area contributed by atoms with E-state index >= 15 is 0 Å². The highest BCUT2D eigenvalue weighted by Gasteiger charge is 2.31. The number of rotatable bonds is 14. The molecule has 3 amide bonds. The molecule has 0 fully saturated rings. The van der Waals surface area contributed by atoms with Crippen molar-refractivity contribution in [1.82, 2.24) is 16.0 Å². The lowest BCUT2D eigenvalue weighted by Gasteiger charge is -2.25. The van der Waals surface area contributed by atoms with Gasteiger partial charge in [-0.05, 0) is 12.3 Å². The molecule has 0 aromatic heterocycles. The average Bonchev–Trinajstić information content (AvgIpc) is 2.70. The Kier molecular flexibility index (Phi) is 12.2. The molecule has 0 aliphatic rings. The van der Waals surface area contributed by atoms with Gasteiger partial charge in [-0.2, -0.15) is 0 Å². The van der Waals surface area contributed by atoms with Gasteiger partial charge in [-0.25, -0.2) is 4.79 Å². The van der Waals surface area contributed by atoms with Crippen molar-refractivity contribution in [1.29, 1.82) is 0 Å². The van der Waals surface area contributed by atoms with E-state index in [1.165, 1.54) is 0 Å². The zero-order valence-corrected chi connectivity index (χ0v) is 16.8. The van der Waals surface area contributed by atoms with Gasteiger partial charge in [-0.3, -0.25) is 19.2 Å². The van der Waals surface area contributed by atoms with E-state index in [1.807, 2.05) is 0 Å². The molecule has 0 aromatic rings. The van der Waals surface area contributed by atoms with Crippen LogP contribution in [0.5, 0.6) is 0 Å². The van der Waals surface area contributed by atoms with Crippen LogP contribution >= 0.6 is 0 Å². The van der Waals surface area contributed by atoms with Crippen molar-refractivity contribution in [2.75, 3.05) is 13.2 Å². The van der Waals surface area contributed by atoms with Gasteiger partial charge in [0.15, 0.2) is 0 Å². The van der Waals surface area contributed by atoms with Crippen LogP contribution in [0, 0.1) is 5.92 Å². The normalized spacial score (nSPS) is 15.8. The summed E-state index contributed by atoms with van der Waals surface area (Å²) in [6, 6.07) is -5.57. The van der Waals surface area contributed by atoms with Crippen LogP contribution in [-0.4, -0.2) is 87.5 Å². The average molecular weight is 434 g/mol. The van der Waals surface area contributed by atoms with Crippen molar-refractivity contribution in [3.63, 3.8) is 0 Å². The summed E-state index contributed by atoms with van der Waals surface area (Å²) in [6.45, 7) is 1.75. The first kappa shape index (κ1) is 27.2. The summed E-state index contributed by atoms with van der Waals surface area (Å²) in [6.07, 6.45) is -0.430. The predicted molar refractivity (Wildman–Crippen MR) is 102 cm³/mol. The number of nitrogens with one attached hydrogen (secondary N) is 3. The molecule has 5 unspecified atom stereocenters. The summed E-state index contributed by atoms with van der Waals surface area (Å²) < 4.78 is 0. The number of carboxylic acids is 2. The lowest BCUT2D eigenvalue weighted by atomic mass is 9.98. The molecule has 0 saturated heterocycles. The van der Waals surface area contributed by atoms with Crippen molar-refractivity contribution < 1.29 is 44.4 Å². The lowest BCUT2D eigenvalue weighted by molar-refractivity contribution is -0.144. The molecule has 0 rings (SSSR count). The molecule has 5 atom stereocenters. The second kappa shape index (κ2) is 13.5. The maximum atomic E-state index is 12.5. The third-order valence-corrected chi connectivity index (χ3v) is 4.41. The number of carbonyl (C=O) groups is 5. The molecule has 13 nitrogen and oxygen atoms in total. The van der Waals surface area contributed by atoms with Crippen molar-refractivity contribution >= 4 is 29.7 Å². The maximum Gasteiger partial charge on any atom is 0.326 e. The smallest absolute Gasteiger partial charge is 0.326 e. The first-order valence-electron chi connectivity index (χ1n) is 9.31. The molecule has 0 bridgehead atoms. The summed E-state index contributed by atoms with van der Waals surface area (Å²) in [5, 5.41) is 42.9. The van der Waals surface area contributed by atoms with Crippen molar-refractivity contribution in [2.24, 2.45) is 11.7 Å². The van der Waals surface area contributed by atoms with Gasteiger partial charge in [0.05, 0.1) is 13.2 Å². The highest BCUT2D eigenvalue weighted by atomic mass is 16.4. The minimum Gasteiger partial charge on any atom is -0.481 e. The lowest BCUT2D eigenvalue weighted by Crippen LogP contribution is -2.58. The van der Waals surface area contributed by atoms with Crippen LogP contribution in [-0.2, 0) is 24.0 Å². The highest BCUT2D eigenvalue weighted by molar-refractivity contribution is 5.94. The van der Waals surface area contributed by atoms with E-state index in [1.54, 1.807) is 13.8 Å². The first-order valence-corrected chi connectivity index (χ1v) is 9.31. The molecular formula is C17H30N4O9. The molecule has 0 saturated carbocycles. The molecule has 0 aliphatic carbocycles. The monoisotopic (exact) mass is 434 g/mol. The predicted octanol–water partition coefficient (Wildman–Crippen LogP) is -3.25. The SMILES string of the molecule is CCC(C)C(NC(=O)C(CCC(=O)O)NC(=O)C(CO)NC(=O)C(N)CO)C(=O)O. The van der Waals surface area contributed by atoms with Crippen LogP contribution in [0.4, 0.5) is 0 Å². The third kappa shape index (κ3) is 9.15. The van der Waals surface area contributed by atoms with E-state index in [9.17, 15) is 34.2 Å². The fourth-order valence-corrected chi connectivity index (χ4v) is 2.30. The van der Waals surface area contributed by atoms with Gasteiger partial charge in [0.2, 0.25) is 17.7 Å². The summed E-state index contributed by atoms with van der Waals surface area (Å²) >= 11 is 0. The van der Waals surface area contributed by atoms with Crippen LogP contribution in [0.2, 0.25) is 0 Å². The number of aliphatic hydroxyl groups is 2. The number of carbonyl (C=O) groups excluding carboxylic acids is 3. The van der Waals surface area contributed by atoms with Crippen LogP contribution in [0.3, 0.4) is 0 Å². The Morgan fingerprint density at radius 3 is 1.83 bits per heavy atom. The Balaban J connectivity index is 5.37. The largest absolute Gasteiger partial charge is 0.481 e. The molecule has 172 valence electrons. The molecule has 0 aliphatic heterocycles. The Morgan fingerprint density at radius 2 is 1.40 bits per heavy atom. The Morgan fingerprint density at radius 1 is 0.867 bits per heavy atom. The van der Waals surface area contributed by atoms with Gasteiger partial charge in [-0.1, -0.05) is 20.3 Å². The van der Waals surface area contributed by atoms with E-state index in [0.29, 0.717) is 6.42 Å². The number of hydrogen-bond donors (Lipinski definition) is 8. The molecule has 0 aromatic carbocycles. The summed E-state index contributed by atoms with van der Waals surface area (Å²) in [5.74, 6) is -5.85. The summed E-state index contributed by atoms with van der Waals surface area (Å²) in [7, 11) is 0.